The Bertz CT molecular complexity index is 289. The summed E-state index contributed by atoms with van der Waals surface area (Å²) in [6.45, 7) is 3.50. The van der Waals surface area contributed by atoms with Gasteiger partial charge >= 0.3 is 0 Å². The topological polar surface area (TPSA) is 52.0 Å². The van der Waals surface area contributed by atoms with Gasteiger partial charge in [0.25, 0.3) is 0 Å². The largest absolute Gasteiger partial charge is 0.399 e. The van der Waals surface area contributed by atoms with Crippen LogP contribution in [0.3, 0.4) is 0 Å². The van der Waals surface area contributed by atoms with Gasteiger partial charge in [-0.1, -0.05) is 6.07 Å². The molecule has 1 rings (SSSR count). The van der Waals surface area contributed by atoms with Crippen LogP contribution in [0.25, 0.3) is 0 Å². The molecule has 0 saturated carbocycles. The van der Waals surface area contributed by atoms with Gasteiger partial charge in [-0.15, -0.1) is 0 Å². The Labute approximate surface area is 71.4 Å². The first-order chi connectivity index (χ1) is 5.41. The van der Waals surface area contributed by atoms with Gasteiger partial charge in [0.1, 0.15) is 5.82 Å². The third kappa shape index (κ3) is 1.74. The molecule has 0 radical (unpaired) electrons. The molecule has 0 aliphatic heterocycles. The zero-order valence-corrected chi connectivity index (χ0v) is 7.26. The molecule has 0 saturated heterocycles. The Hall–Kier alpha value is -1.09. The van der Waals surface area contributed by atoms with Crippen LogP contribution in [-0.2, 0) is 5.54 Å². The average Bonchev–Trinajstić information content (AvgIpc) is 1.83. The van der Waals surface area contributed by atoms with E-state index in [4.69, 9.17) is 11.5 Å². The summed E-state index contributed by atoms with van der Waals surface area (Å²) in [6.07, 6.45) is 0. The predicted molar refractivity (Wildman–Crippen MR) is 48.0 cm³/mol. The molecule has 2 nitrogen and oxygen atoms in total. The van der Waals surface area contributed by atoms with Crippen molar-refractivity contribution < 1.29 is 4.39 Å². The minimum atomic E-state index is -0.655. The lowest BCUT2D eigenvalue weighted by molar-refractivity contribution is 0.502. The molecule has 4 N–H and O–H groups in total. The molecule has 0 aromatic heterocycles. The lowest BCUT2D eigenvalue weighted by Gasteiger charge is -2.19. The van der Waals surface area contributed by atoms with Gasteiger partial charge in [-0.25, -0.2) is 4.39 Å². The zero-order valence-electron chi connectivity index (χ0n) is 7.26. The molecule has 0 atom stereocenters. The number of benzene rings is 1. The maximum Gasteiger partial charge on any atom is 0.130 e. The predicted octanol–water partition coefficient (Wildman–Crippen LogP) is 1.60. The Morgan fingerprint density at radius 3 is 2.33 bits per heavy atom. The highest BCUT2D eigenvalue weighted by Crippen LogP contribution is 2.21. The second kappa shape index (κ2) is 2.75. The van der Waals surface area contributed by atoms with Crippen molar-refractivity contribution in [1.82, 2.24) is 0 Å². The highest BCUT2D eigenvalue weighted by molar-refractivity contribution is 5.42. The Morgan fingerprint density at radius 2 is 1.92 bits per heavy atom. The van der Waals surface area contributed by atoms with Gasteiger partial charge in [-0.3, -0.25) is 0 Å². The van der Waals surface area contributed by atoms with Crippen molar-refractivity contribution in [3.63, 3.8) is 0 Å². The molecule has 0 amide bonds. The molecule has 1 aromatic rings. The van der Waals surface area contributed by atoms with E-state index in [-0.39, 0.29) is 5.82 Å². The van der Waals surface area contributed by atoms with E-state index in [0.29, 0.717) is 11.3 Å². The van der Waals surface area contributed by atoms with Crippen molar-refractivity contribution in [3.8, 4) is 0 Å². The number of hydrogen-bond acceptors (Lipinski definition) is 2. The van der Waals surface area contributed by atoms with Gasteiger partial charge in [0.15, 0.2) is 0 Å². The number of halogens is 1. The molecular formula is C9H13FN2. The van der Waals surface area contributed by atoms with Gasteiger partial charge in [0, 0.05) is 16.8 Å². The highest BCUT2D eigenvalue weighted by atomic mass is 19.1. The lowest BCUT2D eigenvalue weighted by atomic mass is 9.95. The minimum Gasteiger partial charge on any atom is -0.399 e. The molecule has 66 valence electrons. The summed E-state index contributed by atoms with van der Waals surface area (Å²) in [6, 6.07) is 4.54. The number of nitrogens with two attached hydrogens (primary N) is 2. The molecule has 0 fully saturated rings. The molecule has 0 spiro atoms. The van der Waals surface area contributed by atoms with Crippen molar-refractivity contribution in [1.29, 1.82) is 0 Å². The van der Waals surface area contributed by atoms with Gasteiger partial charge in [-0.05, 0) is 26.0 Å². The van der Waals surface area contributed by atoms with Crippen molar-refractivity contribution >= 4 is 5.69 Å². The van der Waals surface area contributed by atoms with Crippen LogP contribution in [0.4, 0.5) is 10.1 Å². The summed E-state index contributed by atoms with van der Waals surface area (Å²) in [4.78, 5) is 0. The number of rotatable bonds is 1. The summed E-state index contributed by atoms with van der Waals surface area (Å²) in [5, 5.41) is 0. The molecule has 0 aliphatic carbocycles. The van der Waals surface area contributed by atoms with Crippen LogP contribution in [0, 0.1) is 5.82 Å². The molecule has 3 heteroatoms. The summed E-state index contributed by atoms with van der Waals surface area (Å²) >= 11 is 0. The molecule has 0 heterocycles. The quantitative estimate of drug-likeness (QED) is 0.626. The van der Waals surface area contributed by atoms with Gasteiger partial charge in [0.05, 0.1) is 0 Å². The molecule has 0 aliphatic rings. The number of anilines is 1. The van der Waals surface area contributed by atoms with Crippen LogP contribution in [0.5, 0.6) is 0 Å². The van der Waals surface area contributed by atoms with Crippen molar-refractivity contribution in [2.45, 2.75) is 19.4 Å². The summed E-state index contributed by atoms with van der Waals surface area (Å²) in [7, 11) is 0. The SMILES string of the molecule is CC(C)(N)c1ccc(N)cc1F. The average molecular weight is 168 g/mol. The van der Waals surface area contributed by atoms with E-state index < -0.39 is 5.54 Å². The first-order valence-corrected chi connectivity index (χ1v) is 3.75. The minimum absolute atomic E-state index is 0.345. The fourth-order valence-corrected chi connectivity index (χ4v) is 1.05. The second-order valence-electron chi connectivity index (χ2n) is 3.46. The van der Waals surface area contributed by atoms with Gasteiger partial charge in [0.2, 0.25) is 0 Å². The van der Waals surface area contributed by atoms with E-state index in [1.165, 1.54) is 6.07 Å². The number of hydrogen-bond donors (Lipinski definition) is 2. The summed E-state index contributed by atoms with van der Waals surface area (Å²) < 4.78 is 13.2. The summed E-state index contributed by atoms with van der Waals surface area (Å²) in [5.41, 5.74) is 11.4. The zero-order chi connectivity index (χ0) is 9.35. The van der Waals surface area contributed by atoms with Crippen LogP contribution in [-0.4, -0.2) is 0 Å². The van der Waals surface area contributed by atoms with Gasteiger partial charge in [-0.2, -0.15) is 0 Å². The first kappa shape index (κ1) is 9.00. The first-order valence-electron chi connectivity index (χ1n) is 3.75. The van der Waals surface area contributed by atoms with E-state index in [9.17, 15) is 4.39 Å². The molecule has 0 bridgehead atoms. The smallest absolute Gasteiger partial charge is 0.130 e. The lowest BCUT2D eigenvalue weighted by Crippen LogP contribution is -2.29. The van der Waals surface area contributed by atoms with Crippen molar-refractivity contribution in [3.05, 3.63) is 29.6 Å². The fourth-order valence-electron chi connectivity index (χ4n) is 1.05. The van der Waals surface area contributed by atoms with E-state index in [2.05, 4.69) is 0 Å². The van der Waals surface area contributed by atoms with E-state index >= 15 is 0 Å². The second-order valence-corrected chi connectivity index (χ2v) is 3.46. The van der Waals surface area contributed by atoms with Crippen LogP contribution in [0.2, 0.25) is 0 Å². The van der Waals surface area contributed by atoms with Crippen LogP contribution in [0.1, 0.15) is 19.4 Å². The third-order valence-corrected chi connectivity index (χ3v) is 1.69. The van der Waals surface area contributed by atoms with Crippen LogP contribution >= 0.6 is 0 Å². The fraction of sp³-hybridized carbons (Fsp3) is 0.333. The van der Waals surface area contributed by atoms with E-state index in [1.54, 1.807) is 26.0 Å². The Morgan fingerprint density at radius 1 is 1.33 bits per heavy atom. The maximum atomic E-state index is 13.2. The molecule has 1 aromatic carbocycles. The molecule has 12 heavy (non-hydrogen) atoms. The van der Waals surface area contributed by atoms with E-state index in [1.807, 2.05) is 0 Å². The van der Waals surface area contributed by atoms with Crippen LogP contribution < -0.4 is 11.5 Å². The van der Waals surface area contributed by atoms with Gasteiger partial charge < -0.3 is 11.5 Å². The monoisotopic (exact) mass is 168 g/mol. The molecular weight excluding hydrogens is 155 g/mol. The highest BCUT2D eigenvalue weighted by Gasteiger charge is 2.18. The standard InChI is InChI=1S/C9H13FN2/c1-9(2,12)7-4-3-6(11)5-8(7)10/h3-5H,11-12H2,1-2H3. The normalized spacial score (nSPS) is 11.7. The number of nitrogen functional groups attached to an aromatic ring is 1. The Balaban J connectivity index is 3.19. The Kier molecular flexibility index (Phi) is 2.06. The van der Waals surface area contributed by atoms with Crippen molar-refractivity contribution in [2.75, 3.05) is 5.73 Å². The maximum absolute atomic E-state index is 13.2. The van der Waals surface area contributed by atoms with E-state index in [0.717, 1.165) is 0 Å². The summed E-state index contributed by atoms with van der Waals surface area (Å²) in [5.74, 6) is -0.345. The van der Waals surface area contributed by atoms with Crippen molar-refractivity contribution in [2.24, 2.45) is 5.73 Å². The molecule has 0 unspecified atom stereocenters. The van der Waals surface area contributed by atoms with Crippen LogP contribution in [0.15, 0.2) is 18.2 Å². The third-order valence-electron chi connectivity index (χ3n) is 1.69.